The van der Waals surface area contributed by atoms with Gasteiger partial charge in [-0.05, 0) is 53.0 Å². The average molecular weight is 444 g/mol. The van der Waals surface area contributed by atoms with E-state index >= 15 is 0 Å². The highest BCUT2D eigenvalue weighted by atomic mass is 79.9. The molecule has 0 bridgehead atoms. The number of esters is 1. The maximum absolute atomic E-state index is 12.5. The monoisotopic (exact) mass is 443 g/mol. The first kappa shape index (κ1) is 19.9. The second kappa shape index (κ2) is 9.35. The maximum Gasteiger partial charge on any atom is 0.305 e. The van der Waals surface area contributed by atoms with E-state index < -0.39 is 0 Å². The molecule has 1 saturated heterocycles. The minimum atomic E-state index is -0.258. The summed E-state index contributed by atoms with van der Waals surface area (Å²) in [4.78, 5) is 26.0. The molecular weight excluding hydrogens is 426 g/mol. The lowest BCUT2D eigenvalue weighted by Crippen LogP contribution is -2.29. The summed E-state index contributed by atoms with van der Waals surface area (Å²) >= 11 is 9.99. The number of carbonyl (C=O) groups is 2. The topological polar surface area (TPSA) is 55.8 Å². The van der Waals surface area contributed by atoms with Crippen LogP contribution >= 0.6 is 39.9 Å². The number of hydrogen-bond donors (Lipinski definition) is 0. The van der Waals surface area contributed by atoms with Crippen LogP contribution in [0, 0.1) is 0 Å². The number of hydrogen-bond acceptors (Lipinski definition) is 6. The SMILES string of the molecule is CCOC(=O)CCCN1C(=O)/C(=C/c2ccc(OC)c(Br)c2)SC1=S. The fourth-order valence-corrected chi connectivity index (χ4v) is 4.10. The molecule has 1 aliphatic heterocycles. The molecule has 0 N–H and O–H groups in total. The van der Waals surface area contributed by atoms with Gasteiger partial charge in [-0.3, -0.25) is 14.5 Å². The summed E-state index contributed by atoms with van der Waals surface area (Å²) in [5, 5.41) is 0. The number of amides is 1. The predicted octanol–water partition coefficient (Wildman–Crippen LogP) is 4.00. The Morgan fingerprint density at radius 2 is 2.20 bits per heavy atom. The molecule has 0 aromatic heterocycles. The Balaban J connectivity index is 2.02. The van der Waals surface area contributed by atoms with Crippen LogP contribution in [0.1, 0.15) is 25.3 Å². The van der Waals surface area contributed by atoms with Gasteiger partial charge >= 0.3 is 5.97 Å². The quantitative estimate of drug-likeness (QED) is 0.360. The highest BCUT2D eigenvalue weighted by Gasteiger charge is 2.31. The number of nitrogens with zero attached hydrogens (tertiary/aromatic N) is 1. The molecule has 5 nitrogen and oxygen atoms in total. The first-order chi connectivity index (χ1) is 12.0. The lowest BCUT2D eigenvalue weighted by Gasteiger charge is -2.13. The summed E-state index contributed by atoms with van der Waals surface area (Å²) in [5.41, 5.74) is 0.875. The van der Waals surface area contributed by atoms with Gasteiger partial charge in [0, 0.05) is 13.0 Å². The molecule has 2 rings (SSSR count). The largest absolute Gasteiger partial charge is 0.496 e. The van der Waals surface area contributed by atoms with Gasteiger partial charge in [-0.2, -0.15) is 0 Å². The molecule has 0 unspecified atom stereocenters. The van der Waals surface area contributed by atoms with Crippen molar-refractivity contribution in [2.45, 2.75) is 19.8 Å². The van der Waals surface area contributed by atoms with Crippen LogP contribution in [0.15, 0.2) is 27.6 Å². The van der Waals surface area contributed by atoms with E-state index in [4.69, 9.17) is 21.7 Å². The number of ether oxygens (including phenoxy) is 2. The van der Waals surface area contributed by atoms with E-state index in [0.717, 1.165) is 15.8 Å². The third-order valence-corrected chi connectivity index (χ3v) is 5.41. The smallest absolute Gasteiger partial charge is 0.305 e. The minimum Gasteiger partial charge on any atom is -0.496 e. The Labute approximate surface area is 164 Å². The van der Waals surface area contributed by atoms with Crippen molar-refractivity contribution in [2.75, 3.05) is 20.3 Å². The zero-order valence-electron chi connectivity index (χ0n) is 13.9. The minimum absolute atomic E-state index is 0.134. The second-order valence-electron chi connectivity index (χ2n) is 5.14. The van der Waals surface area contributed by atoms with Gasteiger partial charge in [0.05, 0.1) is 23.1 Å². The molecule has 1 aliphatic rings. The normalized spacial score (nSPS) is 15.8. The van der Waals surface area contributed by atoms with Crippen LogP contribution < -0.4 is 4.74 Å². The fourth-order valence-electron chi connectivity index (χ4n) is 2.23. The van der Waals surface area contributed by atoms with Gasteiger partial charge in [-0.25, -0.2) is 0 Å². The molecular formula is C17H18BrNO4S2. The van der Waals surface area contributed by atoms with E-state index in [1.54, 1.807) is 20.1 Å². The molecule has 1 aromatic rings. The van der Waals surface area contributed by atoms with Crippen LogP contribution in [0.3, 0.4) is 0 Å². The van der Waals surface area contributed by atoms with E-state index in [1.165, 1.54) is 16.7 Å². The molecule has 0 aliphatic carbocycles. The van der Waals surface area contributed by atoms with Crippen molar-refractivity contribution in [3.05, 3.63) is 33.1 Å². The summed E-state index contributed by atoms with van der Waals surface area (Å²) in [6, 6.07) is 5.58. The number of methoxy groups -OCH3 is 1. The van der Waals surface area contributed by atoms with Crippen molar-refractivity contribution in [1.82, 2.24) is 4.90 Å². The van der Waals surface area contributed by atoms with Gasteiger partial charge in [-0.15, -0.1) is 0 Å². The van der Waals surface area contributed by atoms with Crippen molar-refractivity contribution in [1.29, 1.82) is 0 Å². The Morgan fingerprint density at radius 1 is 1.44 bits per heavy atom. The molecule has 1 fully saturated rings. The van der Waals surface area contributed by atoms with Crippen molar-refractivity contribution >= 4 is 62.2 Å². The predicted molar refractivity (Wildman–Crippen MR) is 106 cm³/mol. The van der Waals surface area contributed by atoms with Crippen molar-refractivity contribution in [3.8, 4) is 5.75 Å². The van der Waals surface area contributed by atoms with Crippen molar-refractivity contribution in [2.24, 2.45) is 0 Å². The number of thiocarbonyl (C=S) groups is 1. The molecule has 134 valence electrons. The Kier molecular flexibility index (Phi) is 7.46. The van der Waals surface area contributed by atoms with Crippen LogP contribution in [0.5, 0.6) is 5.75 Å². The molecule has 25 heavy (non-hydrogen) atoms. The van der Waals surface area contributed by atoms with E-state index in [2.05, 4.69) is 15.9 Å². The second-order valence-corrected chi connectivity index (χ2v) is 7.67. The van der Waals surface area contributed by atoms with E-state index in [1.807, 2.05) is 18.2 Å². The van der Waals surface area contributed by atoms with Crippen LogP contribution in [0.25, 0.3) is 6.08 Å². The summed E-state index contributed by atoms with van der Waals surface area (Å²) < 4.78 is 11.4. The average Bonchev–Trinajstić information content (AvgIpc) is 2.82. The zero-order chi connectivity index (χ0) is 18.4. The van der Waals surface area contributed by atoms with E-state index in [-0.39, 0.29) is 18.3 Å². The molecule has 0 radical (unpaired) electrons. The highest BCUT2D eigenvalue weighted by Crippen LogP contribution is 2.34. The van der Waals surface area contributed by atoms with E-state index in [0.29, 0.717) is 28.8 Å². The third-order valence-electron chi connectivity index (χ3n) is 3.42. The van der Waals surface area contributed by atoms with Crippen LogP contribution in [-0.2, 0) is 14.3 Å². The number of rotatable bonds is 7. The van der Waals surface area contributed by atoms with Crippen LogP contribution in [-0.4, -0.2) is 41.4 Å². The van der Waals surface area contributed by atoms with Gasteiger partial charge in [0.2, 0.25) is 0 Å². The van der Waals surface area contributed by atoms with Gasteiger partial charge < -0.3 is 9.47 Å². The Morgan fingerprint density at radius 3 is 2.84 bits per heavy atom. The van der Waals surface area contributed by atoms with Crippen molar-refractivity contribution < 1.29 is 19.1 Å². The fraction of sp³-hybridized carbons (Fsp3) is 0.353. The van der Waals surface area contributed by atoms with Crippen LogP contribution in [0.2, 0.25) is 0 Å². The van der Waals surface area contributed by atoms with Gasteiger partial charge in [0.25, 0.3) is 5.91 Å². The number of halogens is 1. The van der Waals surface area contributed by atoms with Gasteiger partial charge in [0.1, 0.15) is 10.1 Å². The van der Waals surface area contributed by atoms with E-state index in [9.17, 15) is 9.59 Å². The lowest BCUT2D eigenvalue weighted by atomic mass is 10.2. The van der Waals surface area contributed by atoms with Gasteiger partial charge in [-0.1, -0.05) is 30.0 Å². The molecule has 0 atom stereocenters. The number of carbonyl (C=O) groups excluding carboxylic acids is 2. The summed E-state index contributed by atoms with van der Waals surface area (Å²) in [6.45, 7) is 2.54. The van der Waals surface area contributed by atoms with Gasteiger partial charge in [0.15, 0.2) is 0 Å². The maximum atomic E-state index is 12.5. The zero-order valence-corrected chi connectivity index (χ0v) is 17.1. The lowest BCUT2D eigenvalue weighted by molar-refractivity contribution is -0.143. The molecule has 1 heterocycles. The molecule has 0 spiro atoms. The first-order valence-corrected chi connectivity index (χ1v) is 9.72. The summed E-state index contributed by atoms with van der Waals surface area (Å²) in [7, 11) is 1.60. The molecule has 8 heteroatoms. The Hall–Kier alpha value is -1.38. The highest BCUT2D eigenvalue weighted by molar-refractivity contribution is 9.10. The molecule has 1 amide bonds. The van der Waals surface area contributed by atoms with Crippen LogP contribution in [0.4, 0.5) is 0 Å². The Bertz CT molecular complexity index is 721. The summed E-state index contributed by atoms with van der Waals surface area (Å²) in [5.74, 6) is 0.334. The molecule has 0 saturated carbocycles. The molecule has 1 aromatic carbocycles. The number of benzene rings is 1. The standard InChI is InChI=1S/C17H18BrNO4S2/c1-3-23-15(20)5-4-8-19-16(21)14(25-17(19)24)10-11-6-7-13(22-2)12(18)9-11/h6-7,9-10H,3-5,8H2,1-2H3/b14-10-. The third kappa shape index (κ3) is 5.29. The number of thioether (sulfide) groups is 1. The summed E-state index contributed by atoms with van der Waals surface area (Å²) in [6.07, 6.45) is 2.59. The van der Waals surface area contributed by atoms with Crippen molar-refractivity contribution in [3.63, 3.8) is 0 Å². The first-order valence-electron chi connectivity index (χ1n) is 7.70.